The van der Waals surface area contributed by atoms with Gasteiger partial charge in [0.15, 0.2) is 0 Å². The highest BCUT2D eigenvalue weighted by Crippen LogP contribution is 2.22. The van der Waals surface area contributed by atoms with E-state index in [9.17, 15) is 9.59 Å². The third-order valence-corrected chi connectivity index (χ3v) is 2.54. The van der Waals surface area contributed by atoms with Gasteiger partial charge in [-0.25, -0.2) is 4.79 Å². The van der Waals surface area contributed by atoms with Crippen LogP contribution in [-0.2, 0) is 4.79 Å². The molecule has 1 aromatic carbocycles. The SMILES string of the molecule is CC(C)(C)C(=O)Nc1cc(Br)cc(C(=O)O)c1. The number of benzene rings is 1. The number of nitrogens with one attached hydrogen (secondary N) is 1. The van der Waals surface area contributed by atoms with Gasteiger partial charge in [-0.15, -0.1) is 0 Å². The van der Waals surface area contributed by atoms with E-state index in [-0.39, 0.29) is 11.5 Å². The minimum atomic E-state index is -1.03. The molecule has 0 aromatic heterocycles. The van der Waals surface area contributed by atoms with Crippen molar-refractivity contribution in [1.82, 2.24) is 0 Å². The summed E-state index contributed by atoms with van der Waals surface area (Å²) in [7, 11) is 0. The first-order chi connectivity index (χ1) is 7.70. The minimum absolute atomic E-state index is 0.128. The van der Waals surface area contributed by atoms with Gasteiger partial charge < -0.3 is 10.4 Å². The lowest BCUT2D eigenvalue weighted by Gasteiger charge is -2.18. The van der Waals surface area contributed by atoms with E-state index in [4.69, 9.17) is 5.11 Å². The van der Waals surface area contributed by atoms with E-state index in [0.29, 0.717) is 10.2 Å². The number of rotatable bonds is 2. The van der Waals surface area contributed by atoms with Crippen molar-refractivity contribution in [2.75, 3.05) is 5.32 Å². The van der Waals surface area contributed by atoms with Gasteiger partial charge in [-0.05, 0) is 18.2 Å². The number of hydrogen-bond acceptors (Lipinski definition) is 2. The average Bonchev–Trinajstić information content (AvgIpc) is 2.14. The van der Waals surface area contributed by atoms with Crippen LogP contribution in [0.2, 0.25) is 0 Å². The standard InChI is InChI=1S/C12H14BrNO3/c1-12(2,3)11(17)14-9-5-7(10(15)16)4-8(13)6-9/h4-6H,1-3H3,(H,14,17)(H,15,16). The molecule has 92 valence electrons. The van der Waals surface area contributed by atoms with Crippen LogP contribution in [0.1, 0.15) is 31.1 Å². The Bertz CT molecular complexity index is 463. The summed E-state index contributed by atoms with van der Waals surface area (Å²) < 4.78 is 0.613. The summed E-state index contributed by atoms with van der Waals surface area (Å²) in [5.74, 6) is -1.19. The highest BCUT2D eigenvalue weighted by atomic mass is 79.9. The van der Waals surface area contributed by atoms with E-state index in [1.165, 1.54) is 12.1 Å². The van der Waals surface area contributed by atoms with E-state index in [1.807, 2.05) is 0 Å². The molecule has 1 amide bonds. The van der Waals surface area contributed by atoms with Gasteiger partial charge in [0.25, 0.3) is 0 Å². The predicted octanol–water partition coefficient (Wildman–Crippen LogP) is 3.13. The van der Waals surface area contributed by atoms with Crippen molar-refractivity contribution in [2.45, 2.75) is 20.8 Å². The summed E-state index contributed by atoms with van der Waals surface area (Å²) in [6.45, 7) is 5.37. The highest BCUT2D eigenvalue weighted by Gasteiger charge is 2.21. The van der Waals surface area contributed by atoms with Crippen LogP contribution < -0.4 is 5.32 Å². The van der Waals surface area contributed by atoms with E-state index < -0.39 is 11.4 Å². The number of amides is 1. The molecule has 0 bridgehead atoms. The molecule has 0 radical (unpaired) electrons. The molecule has 1 aromatic rings. The van der Waals surface area contributed by atoms with Crippen molar-refractivity contribution in [3.05, 3.63) is 28.2 Å². The number of carboxylic acid groups (broad SMARTS) is 1. The molecule has 5 heteroatoms. The Morgan fingerprint density at radius 2 is 1.82 bits per heavy atom. The Kier molecular flexibility index (Phi) is 3.93. The topological polar surface area (TPSA) is 66.4 Å². The van der Waals surface area contributed by atoms with Gasteiger partial charge in [-0.3, -0.25) is 4.79 Å². The molecule has 0 unspecified atom stereocenters. The normalized spacial score (nSPS) is 11.1. The molecular weight excluding hydrogens is 286 g/mol. The van der Waals surface area contributed by atoms with E-state index in [1.54, 1.807) is 26.8 Å². The molecule has 0 saturated heterocycles. The van der Waals surface area contributed by atoms with Gasteiger partial charge in [0.1, 0.15) is 0 Å². The molecule has 0 aliphatic rings. The second kappa shape index (κ2) is 4.87. The van der Waals surface area contributed by atoms with Crippen LogP contribution in [0.4, 0.5) is 5.69 Å². The lowest BCUT2D eigenvalue weighted by molar-refractivity contribution is -0.123. The van der Waals surface area contributed by atoms with Gasteiger partial charge >= 0.3 is 5.97 Å². The summed E-state index contributed by atoms with van der Waals surface area (Å²) in [5.41, 5.74) is 0.0754. The molecule has 0 fully saturated rings. The molecular formula is C12H14BrNO3. The van der Waals surface area contributed by atoms with Crippen LogP contribution in [0.25, 0.3) is 0 Å². The van der Waals surface area contributed by atoms with Crippen LogP contribution in [0.3, 0.4) is 0 Å². The number of hydrogen-bond donors (Lipinski definition) is 2. The monoisotopic (exact) mass is 299 g/mol. The molecule has 0 aliphatic heterocycles. The lowest BCUT2D eigenvalue weighted by atomic mass is 9.95. The molecule has 0 heterocycles. The predicted molar refractivity (Wildman–Crippen MR) is 69.2 cm³/mol. The van der Waals surface area contributed by atoms with Crippen LogP contribution in [0.5, 0.6) is 0 Å². The van der Waals surface area contributed by atoms with Crippen LogP contribution >= 0.6 is 15.9 Å². The first-order valence-electron chi connectivity index (χ1n) is 5.05. The van der Waals surface area contributed by atoms with Gasteiger partial charge in [0.2, 0.25) is 5.91 Å². The molecule has 1 rings (SSSR count). The van der Waals surface area contributed by atoms with Gasteiger partial charge in [0.05, 0.1) is 5.56 Å². The fourth-order valence-corrected chi connectivity index (χ4v) is 1.60. The summed E-state index contributed by atoms with van der Waals surface area (Å²) in [6.07, 6.45) is 0. The minimum Gasteiger partial charge on any atom is -0.478 e. The quantitative estimate of drug-likeness (QED) is 0.881. The summed E-state index contributed by atoms with van der Waals surface area (Å²) in [6, 6.07) is 4.57. The average molecular weight is 300 g/mol. The summed E-state index contributed by atoms with van der Waals surface area (Å²) in [4.78, 5) is 22.6. The molecule has 4 nitrogen and oxygen atoms in total. The third-order valence-electron chi connectivity index (χ3n) is 2.08. The Labute approximate surface area is 108 Å². The Morgan fingerprint density at radius 1 is 1.24 bits per heavy atom. The van der Waals surface area contributed by atoms with E-state index in [2.05, 4.69) is 21.2 Å². The van der Waals surface area contributed by atoms with E-state index in [0.717, 1.165) is 0 Å². The lowest BCUT2D eigenvalue weighted by Crippen LogP contribution is -2.27. The summed E-state index contributed by atoms with van der Waals surface area (Å²) in [5, 5.41) is 11.6. The van der Waals surface area contributed by atoms with Crippen molar-refractivity contribution in [3.63, 3.8) is 0 Å². The van der Waals surface area contributed by atoms with Crippen molar-refractivity contribution < 1.29 is 14.7 Å². The molecule has 0 saturated carbocycles. The van der Waals surface area contributed by atoms with Crippen LogP contribution in [0.15, 0.2) is 22.7 Å². The number of anilines is 1. The molecule has 0 spiro atoms. The summed E-state index contributed by atoms with van der Waals surface area (Å²) >= 11 is 3.21. The fraction of sp³-hybridized carbons (Fsp3) is 0.333. The fourth-order valence-electron chi connectivity index (χ4n) is 1.10. The Morgan fingerprint density at radius 3 is 2.29 bits per heavy atom. The first-order valence-corrected chi connectivity index (χ1v) is 5.85. The van der Waals surface area contributed by atoms with Crippen molar-refractivity contribution in [3.8, 4) is 0 Å². The van der Waals surface area contributed by atoms with Crippen molar-refractivity contribution >= 4 is 33.5 Å². The maximum atomic E-state index is 11.8. The first kappa shape index (κ1) is 13.7. The molecule has 0 atom stereocenters. The Balaban J connectivity index is 3.00. The van der Waals surface area contributed by atoms with Crippen molar-refractivity contribution in [1.29, 1.82) is 0 Å². The maximum Gasteiger partial charge on any atom is 0.335 e. The largest absolute Gasteiger partial charge is 0.478 e. The highest BCUT2D eigenvalue weighted by molar-refractivity contribution is 9.10. The Hall–Kier alpha value is -1.36. The van der Waals surface area contributed by atoms with Gasteiger partial charge in [0, 0.05) is 15.6 Å². The zero-order valence-electron chi connectivity index (χ0n) is 9.87. The smallest absolute Gasteiger partial charge is 0.335 e. The number of halogens is 1. The number of carbonyl (C=O) groups is 2. The van der Waals surface area contributed by atoms with Crippen LogP contribution in [0, 0.1) is 5.41 Å². The molecule has 17 heavy (non-hydrogen) atoms. The van der Waals surface area contributed by atoms with Gasteiger partial charge in [-0.1, -0.05) is 36.7 Å². The van der Waals surface area contributed by atoms with Crippen molar-refractivity contribution in [2.24, 2.45) is 5.41 Å². The number of carboxylic acids is 1. The number of aromatic carboxylic acids is 1. The molecule has 0 aliphatic carbocycles. The van der Waals surface area contributed by atoms with Crippen LogP contribution in [-0.4, -0.2) is 17.0 Å². The van der Waals surface area contributed by atoms with Gasteiger partial charge in [-0.2, -0.15) is 0 Å². The zero-order chi connectivity index (χ0) is 13.2. The molecule has 2 N–H and O–H groups in total. The second-order valence-corrected chi connectivity index (χ2v) is 5.65. The third kappa shape index (κ3) is 3.85. The maximum absolute atomic E-state index is 11.8. The second-order valence-electron chi connectivity index (χ2n) is 4.74. The van der Waals surface area contributed by atoms with E-state index >= 15 is 0 Å². The zero-order valence-corrected chi connectivity index (χ0v) is 11.5. The number of carbonyl (C=O) groups excluding carboxylic acids is 1.